The van der Waals surface area contributed by atoms with Gasteiger partial charge in [0.05, 0.1) is 6.04 Å². The minimum Gasteiger partial charge on any atom is -0.298 e. The van der Waals surface area contributed by atoms with Crippen LogP contribution in [0.3, 0.4) is 0 Å². The Morgan fingerprint density at radius 2 is 1.86 bits per heavy atom. The Morgan fingerprint density at radius 3 is 2.29 bits per heavy atom. The number of likely N-dealkylation sites (tertiary alicyclic amines) is 1. The predicted octanol–water partition coefficient (Wildman–Crippen LogP) is 2.33. The van der Waals surface area contributed by atoms with Crippen LogP contribution in [-0.4, -0.2) is 29.3 Å². The van der Waals surface area contributed by atoms with Crippen molar-refractivity contribution in [2.45, 2.75) is 53.1 Å². The maximum Gasteiger partial charge on any atom is 0.152 e. The number of carbonyl (C=O) groups is 1. The highest BCUT2D eigenvalue weighted by Gasteiger charge is 2.36. The van der Waals surface area contributed by atoms with Crippen LogP contribution in [0.5, 0.6) is 0 Å². The van der Waals surface area contributed by atoms with Crippen molar-refractivity contribution in [3.8, 4) is 0 Å². The summed E-state index contributed by atoms with van der Waals surface area (Å²) in [6.45, 7) is 11.7. The normalized spacial score (nSPS) is 29.1. The van der Waals surface area contributed by atoms with Gasteiger partial charge in [0.2, 0.25) is 0 Å². The second-order valence-electron chi connectivity index (χ2n) is 5.20. The van der Waals surface area contributed by atoms with E-state index < -0.39 is 0 Å². The molecule has 14 heavy (non-hydrogen) atoms. The molecule has 0 amide bonds. The number of hydrogen-bond donors (Lipinski definition) is 0. The minimum atomic E-state index is 0.173. The van der Waals surface area contributed by atoms with Crippen molar-refractivity contribution in [2.24, 2.45) is 11.8 Å². The third kappa shape index (κ3) is 2.35. The Kier molecular flexibility index (Phi) is 3.71. The zero-order valence-corrected chi connectivity index (χ0v) is 10.1. The number of rotatable bonds is 3. The van der Waals surface area contributed by atoms with Crippen molar-refractivity contribution < 1.29 is 4.79 Å². The molecule has 2 nitrogen and oxygen atoms in total. The molecule has 2 heteroatoms. The van der Waals surface area contributed by atoms with Gasteiger partial charge in [-0.25, -0.2) is 0 Å². The number of Topliss-reactive ketones (excluding diaryl/α,β-unsaturated/α-hetero) is 1. The molecule has 0 spiro atoms. The first-order valence-electron chi connectivity index (χ1n) is 5.73. The predicted molar refractivity (Wildman–Crippen MR) is 59.3 cm³/mol. The van der Waals surface area contributed by atoms with E-state index in [2.05, 4.69) is 25.7 Å². The SMILES string of the molecule is CC1C[C@@H](C(=O)C(C)C)N(C(C)C)C1. The van der Waals surface area contributed by atoms with Crippen LogP contribution in [-0.2, 0) is 4.79 Å². The maximum absolute atomic E-state index is 12.0. The lowest BCUT2D eigenvalue weighted by molar-refractivity contribution is -0.126. The van der Waals surface area contributed by atoms with E-state index in [-0.39, 0.29) is 12.0 Å². The summed E-state index contributed by atoms with van der Waals surface area (Å²) in [6.07, 6.45) is 1.05. The van der Waals surface area contributed by atoms with E-state index in [0.29, 0.717) is 17.7 Å². The Labute approximate surface area is 87.7 Å². The summed E-state index contributed by atoms with van der Waals surface area (Å²) in [6, 6.07) is 0.678. The van der Waals surface area contributed by atoms with Crippen molar-refractivity contribution in [1.29, 1.82) is 0 Å². The van der Waals surface area contributed by atoms with Crippen LogP contribution in [0.2, 0.25) is 0 Å². The Hall–Kier alpha value is -0.370. The summed E-state index contributed by atoms with van der Waals surface area (Å²) >= 11 is 0. The molecule has 1 aliphatic rings. The van der Waals surface area contributed by atoms with E-state index in [4.69, 9.17) is 0 Å². The zero-order chi connectivity index (χ0) is 10.9. The Balaban J connectivity index is 2.71. The molecule has 1 unspecified atom stereocenters. The van der Waals surface area contributed by atoms with Crippen molar-refractivity contribution >= 4 is 5.78 Å². The fourth-order valence-electron chi connectivity index (χ4n) is 2.31. The smallest absolute Gasteiger partial charge is 0.152 e. The van der Waals surface area contributed by atoms with Crippen molar-refractivity contribution in [2.75, 3.05) is 6.54 Å². The molecule has 1 rings (SSSR count). The van der Waals surface area contributed by atoms with Gasteiger partial charge in [-0.3, -0.25) is 9.69 Å². The molecular weight excluding hydrogens is 174 g/mol. The monoisotopic (exact) mass is 197 g/mol. The largest absolute Gasteiger partial charge is 0.298 e. The van der Waals surface area contributed by atoms with Crippen LogP contribution in [0.1, 0.15) is 41.0 Å². The first kappa shape index (κ1) is 11.7. The molecule has 0 aromatic carbocycles. The van der Waals surface area contributed by atoms with Crippen molar-refractivity contribution in [3.05, 3.63) is 0 Å². The second kappa shape index (κ2) is 4.43. The van der Waals surface area contributed by atoms with E-state index in [1.165, 1.54) is 0 Å². The molecule has 1 saturated heterocycles. The average molecular weight is 197 g/mol. The first-order chi connectivity index (χ1) is 6.43. The van der Waals surface area contributed by atoms with Crippen molar-refractivity contribution in [3.63, 3.8) is 0 Å². The van der Waals surface area contributed by atoms with Crippen LogP contribution in [0.4, 0.5) is 0 Å². The molecule has 0 aromatic rings. The molecule has 0 bridgehead atoms. The van der Waals surface area contributed by atoms with Crippen LogP contribution >= 0.6 is 0 Å². The van der Waals surface area contributed by atoms with Crippen LogP contribution in [0.15, 0.2) is 0 Å². The number of carbonyl (C=O) groups excluding carboxylic acids is 1. The molecule has 0 N–H and O–H groups in total. The third-order valence-electron chi connectivity index (χ3n) is 3.11. The lowest BCUT2D eigenvalue weighted by atomic mass is 9.97. The van der Waals surface area contributed by atoms with E-state index in [1.807, 2.05) is 13.8 Å². The van der Waals surface area contributed by atoms with Gasteiger partial charge in [0.15, 0.2) is 5.78 Å². The molecule has 82 valence electrons. The summed E-state index contributed by atoms with van der Waals surface area (Å²) in [5, 5.41) is 0. The molecule has 1 aliphatic heterocycles. The van der Waals surface area contributed by atoms with E-state index in [1.54, 1.807) is 0 Å². The quantitative estimate of drug-likeness (QED) is 0.692. The van der Waals surface area contributed by atoms with Gasteiger partial charge in [-0.1, -0.05) is 20.8 Å². The summed E-state index contributed by atoms with van der Waals surface area (Å²) in [4.78, 5) is 14.3. The van der Waals surface area contributed by atoms with Gasteiger partial charge in [-0.15, -0.1) is 0 Å². The molecule has 0 aliphatic carbocycles. The minimum absolute atomic E-state index is 0.173. The Morgan fingerprint density at radius 1 is 1.29 bits per heavy atom. The van der Waals surface area contributed by atoms with Gasteiger partial charge < -0.3 is 0 Å². The van der Waals surface area contributed by atoms with Gasteiger partial charge in [0, 0.05) is 18.5 Å². The van der Waals surface area contributed by atoms with Crippen LogP contribution in [0.25, 0.3) is 0 Å². The van der Waals surface area contributed by atoms with Gasteiger partial charge in [0.1, 0.15) is 0 Å². The highest BCUT2D eigenvalue weighted by Crippen LogP contribution is 2.27. The van der Waals surface area contributed by atoms with Crippen LogP contribution in [0, 0.1) is 11.8 Å². The van der Waals surface area contributed by atoms with Crippen molar-refractivity contribution in [1.82, 2.24) is 4.90 Å². The fourth-order valence-corrected chi connectivity index (χ4v) is 2.31. The summed E-state index contributed by atoms with van der Waals surface area (Å²) in [5.41, 5.74) is 0. The standard InChI is InChI=1S/C12H23NO/c1-8(2)12(14)11-6-10(5)7-13(11)9(3)4/h8-11H,6-7H2,1-5H3/t10?,11-/m0/s1. The molecule has 0 saturated carbocycles. The van der Waals surface area contributed by atoms with E-state index >= 15 is 0 Å². The Bertz CT molecular complexity index is 210. The summed E-state index contributed by atoms with van der Waals surface area (Å²) < 4.78 is 0. The van der Waals surface area contributed by atoms with Gasteiger partial charge in [-0.2, -0.15) is 0 Å². The maximum atomic E-state index is 12.0. The van der Waals surface area contributed by atoms with E-state index in [9.17, 15) is 4.79 Å². The third-order valence-corrected chi connectivity index (χ3v) is 3.11. The van der Waals surface area contributed by atoms with Gasteiger partial charge in [-0.05, 0) is 26.2 Å². The van der Waals surface area contributed by atoms with Gasteiger partial charge >= 0.3 is 0 Å². The first-order valence-corrected chi connectivity index (χ1v) is 5.73. The fraction of sp³-hybridized carbons (Fsp3) is 0.917. The lowest BCUT2D eigenvalue weighted by Gasteiger charge is -2.28. The highest BCUT2D eigenvalue weighted by atomic mass is 16.1. The molecule has 0 aromatic heterocycles. The number of nitrogens with zero attached hydrogens (tertiary/aromatic N) is 1. The number of hydrogen-bond acceptors (Lipinski definition) is 2. The van der Waals surface area contributed by atoms with Crippen LogP contribution < -0.4 is 0 Å². The number of ketones is 1. The average Bonchev–Trinajstić information content (AvgIpc) is 2.45. The highest BCUT2D eigenvalue weighted by molar-refractivity contribution is 5.86. The molecule has 1 fully saturated rings. The molecule has 1 heterocycles. The molecule has 0 radical (unpaired) electrons. The summed E-state index contributed by atoms with van der Waals surface area (Å²) in [7, 11) is 0. The second-order valence-corrected chi connectivity index (χ2v) is 5.20. The van der Waals surface area contributed by atoms with Gasteiger partial charge in [0.25, 0.3) is 0 Å². The lowest BCUT2D eigenvalue weighted by Crippen LogP contribution is -2.42. The zero-order valence-electron chi connectivity index (χ0n) is 10.1. The summed E-state index contributed by atoms with van der Waals surface area (Å²) in [5.74, 6) is 1.26. The topological polar surface area (TPSA) is 20.3 Å². The molecular formula is C12H23NO. The van der Waals surface area contributed by atoms with E-state index in [0.717, 1.165) is 13.0 Å². The molecule has 2 atom stereocenters.